The Bertz CT molecular complexity index is 715. The number of rotatable bonds is 7. The van der Waals surface area contributed by atoms with Gasteiger partial charge in [0.25, 0.3) is 0 Å². The third kappa shape index (κ3) is 5.28. The van der Waals surface area contributed by atoms with E-state index in [1.165, 1.54) is 0 Å². The second kappa shape index (κ2) is 8.93. The maximum absolute atomic E-state index is 11.9. The maximum atomic E-state index is 11.9. The first-order valence-corrected chi connectivity index (χ1v) is 7.87. The number of ether oxygens (including phenoxy) is 2. The van der Waals surface area contributed by atoms with Crippen LogP contribution in [0.15, 0.2) is 47.6 Å². The SMILES string of the molecule is CCOc1ccc(/C=N/NC(=O)Cc2cc(OC)ccc2Cl)cc1. The highest BCUT2D eigenvalue weighted by molar-refractivity contribution is 6.31. The molecule has 1 N–H and O–H groups in total. The molecule has 0 bridgehead atoms. The van der Waals surface area contributed by atoms with Crippen LogP contribution in [-0.4, -0.2) is 25.8 Å². The van der Waals surface area contributed by atoms with Gasteiger partial charge in [-0.2, -0.15) is 5.10 Å². The Morgan fingerprint density at radius 2 is 1.92 bits per heavy atom. The number of nitrogens with zero attached hydrogens (tertiary/aromatic N) is 1. The first-order valence-electron chi connectivity index (χ1n) is 7.49. The van der Waals surface area contributed by atoms with Crippen molar-refractivity contribution in [2.24, 2.45) is 5.10 Å². The van der Waals surface area contributed by atoms with Crippen LogP contribution >= 0.6 is 11.6 Å². The topological polar surface area (TPSA) is 59.9 Å². The van der Waals surface area contributed by atoms with Crippen LogP contribution in [0.3, 0.4) is 0 Å². The first-order chi connectivity index (χ1) is 11.6. The molecule has 2 aromatic carbocycles. The zero-order chi connectivity index (χ0) is 17.4. The van der Waals surface area contributed by atoms with E-state index in [2.05, 4.69) is 10.5 Å². The molecular weight excluding hydrogens is 328 g/mol. The summed E-state index contributed by atoms with van der Waals surface area (Å²) in [6.07, 6.45) is 1.69. The number of carbonyl (C=O) groups is 1. The second-order valence-electron chi connectivity index (χ2n) is 4.93. The van der Waals surface area contributed by atoms with Crippen molar-refractivity contribution in [3.8, 4) is 11.5 Å². The Kier molecular flexibility index (Phi) is 6.63. The molecule has 0 unspecified atom stereocenters. The highest BCUT2D eigenvalue weighted by Gasteiger charge is 2.07. The molecular formula is C18H19ClN2O3. The fourth-order valence-electron chi connectivity index (χ4n) is 2.02. The molecule has 0 fully saturated rings. The van der Waals surface area contributed by atoms with Gasteiger partial charge in [-0.15, -0.1) is 0 Å². The lowest BCUT2D eigenvalue weighted by Gasteiger charge is -2.06. The summed E-state index contributed by atoms with van der Waals surface area (Å²) < 4.78 is 10.5. The van der Waals surface area contributed by atoms with Gasteiger partial charge in [0.15, 0.2) is 0 Å². The van der Waals surface area contributed by atoms with Gasteiger partial charge in [-0.25, -0.2) is 5.43 Å². The normalized spacial score (nSPS) is 10.6. The molecule has 0 aromatic heterocycles. The number of benzene rings is 2. The molecule has 5 nitrogen and oxygen atoms in total. The van der Waals surface area contributed by atoms with Crippen molar-refractivity contribution in [2.45, 2.75) is 13.3 Å². The van der Waals surface area contributed by atoms with Crippen LogP contribution in [0.1, 0.15) is 18.1 Å². The third-order valence-electron chi connectivity index (χ3n) is 3.20. The molecule has 0 aliphatic rings. The van der Waals surface area contributed by atoms with Crippen molar-refractivity contribution in [1.29, 1.82) is 0 Å². The predicted molar refractivity (Wildman–Crippen MR) is 95.1 cm³/mol. The predicted octanol–water partition coefficient (Wildman–Crippen LogP) is 3.44. The average molecular weight is 347 g/mol. The quantitative estimate of drug-likeness (QED) is 0.617. The molecule has 126 valence electrons. The van der Waals surface area contributed by atoms with E-state index in [0.717, 1.165) is 11.3 Å². The van der Waals surface area contributed by atoms with Crippen LogP contribution in [-0.2, 0) is 11.2 Å². The van der Waals surface area contributed by atoms with E-state index in [4.69, 9.17) is 21.1 Å². The minimum atomic E-state index is -0.257. The fraction of sp³-hybridized carbons (Fsp3) is 0.222. The van der Waals surface area contributed by atoms with Gasteiger partial charge in [0.1, 0.15) is 11.5 Å². The van der Waals surface area contributed by atoms with Crippen molar-refractivity contribution in [3.05, 3.63) is 58.6 Å². The van der Waals surface area contributed by atoms with E-state index in [1.807, 2.05) is 31.2 Å². The van der Waals surface area contributed by atoms with Crippen molar-refractivity contribution in [1.82, 2.24) is 5.43 Å². The van der Waals surface area contributed by atoms with Crippen molar-refractivity contribution in [3.63, 3.8) is 0 Å². The molecule has 0 aliphatic heterocycles. The van der Waals surface area contributed by atoms with Gasteiger partial charge in [0.05, 0.1) is 26.4 Å². The summed E-state index contributed by atoms with van der Waals surface area (Å²) in [6, 6.07) is 12.6. The molecule has 6 heteroatoms. The maximum Gasteiger partial charge on any atom is 0.244 e. The monoisotopic (exact) mass is 346 g/mol. The van der Waals surface area contributed by atoms with E-state index >= 15 is 0 Å². The van der Waals surface area contributed by atoms with Crippen LogP contribution in [0.4, 0.5) is 0 Å². The molecule has 1 amide bonds. The molecule has 24 heavy (non-hydrogen) atoms. The number of hydrogen-bond acceptors (Lipinski definition) is 4. The summed E-state index contributed by atoms with van der Waals surface area (Å²) in [5, 5.41) is 4.46. The summed E-state index contributed by atoms with van der Waals surface area (Å²) in [7, 11) is 1.56. The molecule has 0 saturated heterocycles. The van der Waals surface area contributed by atoms with Gasteiger partial charge in [0, 0.05) is 5.02 Å². The van der Waals surface area contributed by atoms with Gasteiger partial charge in [-0.3, -0.25) is 4.79 Å². The molecule has 0 radical (unpaired) electrons. The van der Waals surface area contributed by atoms with Gasteiger partial charge < -0.3 is 9.47 Å². The van der Waals surface area contributed by atoms with Crippen molar-refractivity contribution in [2.75, 3.05) is 13.7 Å². The fourth-order valence-corrected chi connectivity index (χ4v) is 2.21. The van der Waals surface area contributed by atoms with Crippen LogP contribution in [0.5, 0.6) is 11.5 Å². The molecule has 0 heterocycles. The largest absolute Gasteiger partial charge is 0.497 e. The number of nitrogens with one attached hydrogen (secondary N) is 1. The Balaban J connectivity index is 1.90. The Morgan fingerprint density at radius 1 is 1.21 bits per heavy atom. The molecule has 0 spiro atoms. The van der Waals surface area contributed by atoms with E-state index < -0.39 is 0 Å². The lowest BCUT2D eigenvalue weighted by molar-refractivity contribution is -0.120. The number of hydrogen-bond donors (Lipinski definition) is 1. The average Bonchev–Trinajstić information content (AvgIpc) is 2.59. The highest BCUT2D eigenvalue weighted by atomic mass is 35.5. The Hall–Kier alpha value is -2.53. The van der Waals surface area contributed by atoms with Crippen molar-refractivity contribution < 1.29 is 14.3 Å². The van der Waals surface area contributed by atoms with Gasteiger partial charge >= 0.3 is 0 Å². The third-order valence-corrected chi connectivity index (χ3v) is 3.57. The molecule has 0 aliphatic carbocycles. The number of methoxy groups -OCH3 is 1. The molecule has 2 rings (SSSR count). The highest BCUT2D eigenvalue weighted by Crippen LogP contribution is 2.22. The number of hydrazone groups is 1. The summed E-state index contributed by atoms with van der Waals surface area (Å²) in [5.74, 6) is 1.19. The van der Waals surface area contributed by atoms with E-state index in [-0.39, 0.29) is 12.3 Å². The number of carbonyl (C=O) groups excluding carboxylic acids is 1. The summed E-state index contributed by atoms with van der Waals surface area (Å²) >= 11 is 6.08. The molecule has 2 aromatic rings. The lowest BCUT2D eigenvalue weighted by atomic mass is 10.1. The lowest BCUT2D eigenvalue weighted by Crippen LogP contribution is -2.20. The zero-order valence-electron chi connectivity index (χ0n) is 13.6. The minimum Gasteiger partial charge on any atom is -0.497 e. The summed E-state index contributed by atoms with van der Waals surface area (Å²) in [5.41, 5.74) is 4.03. The van der Waals surface area contributed by atoms with Crippen LogP contribution < -0.4 is 14.9 Å². The first kappa shape index (κ1) is 17.8. The van der Waals surface area contributed by atoms with E-state index in [1.54, 1.807) is 31.5 Å². The van der Waals surface area contributed by atoms with E-state index in [0.29, 0.717) is 22.9 Å². The second-order valence-corrected chi connectivity index (χ2v) is 5.34. The minimum absolute atomic E-state index is 0.122. The van der Waals surface area contributed by atoms with Crippen LogP contribution in [0.2, 0.25) is 5.02 Å². The Morgan fingerprint density at radius 3 is 2.58 bits per heavy atom. The number of amides is 1. The van der Waals surface area contributed by atoms with E-state index in [9.17, 15) is 4.79 Å². The molecule has 0 saturated carbocycles. The summed E-state index contributed by atoms with van der Waals surface area (Å²) in [4.78, 5) is 11.9. The smallest absolute Gasteiger partial charge is 0.244 e. The van der Waals surface area contributed by atoms with Crippen LogP contribution in [0, 0.1) is 0 Å². The van der Waals surface area contributed by atoms with Gasteiger partial charge in [-0.1, -0.05) is 11.6 Å². The van der Waals surface area contributed by atoms with Gasteiger partial charge in [0.2, 0.25) is 5.91 Å². The number of halogens is 1. The molecule has 0 atom stereocenters. The van der Waals surface area contributed by atoms with Crippen LogP contribution in [0.25, 0.3) is 0 Å². The van der Waals surface area contributed by atoms with Crippen molar-refractivity contribution >= 4 is 23.7 Å². The Labute approximate surface area is 146 Å². The standard InChI is InChI=1S/C18H19ClN2O3/c1-3-24-15-6-4-13(5-7-15)12-20-21-18(22)11-14-10-16(23-2)8-9-17(14)19/h4-10,12H,3,11H2,1-2H3,(H,21,22)/b20-12+. The van der Waals surface area contributed by atoms with Gasteiger partial charge in [-0.05, 0) is 60.5 Å². The zero-order valence-corrected chi connectivity index (χ0v) is 14.3. The summed E-state index contributed by atoms with van der Waals surface area (Å²) in [6.45, 7) is 2.55.